The average Bonchev–Trinajstić information content (AvgIpc) is 3.15. The minimum atomic E-state index is -0.283. The van der Waals surface area contributed by atoms with E-state index in [4.69, 9.17) is 0 Å². The highest BCUT2D eigenvalue weighted by Crippen LogP contribution is 2.30. The number of hydrogen-bond donors (Lipinski definition) is 0. The molecule has 1 aliphatic rings. The largest absolute Gasteiger partial charge is 0.337 e. The second kappa shape index (κ2) is 5.59. The van der Waals surface area contributed by atoms with Gasteiger partial charge in [-0.3, -0.25) is 9.48 Å². The molecule has 6 heteroatoms. The third kappa shape index (κ3) is 2.77. The number of carbonyl (C=O) groups is 1. The summed E-state index contributed by atoms with van der Waals surface area (Å²) in [7, 11) is 1.96. The molecule has 0 aromatic carbocycles. The number of aryl methyl sites for hydroxylation is 3. The Bertz CT molecular complexity index is 683. The molecule has 1 aliphatic carbocycles. The Morgan fingerprint density at radius 3 is 2.68 bits per heavy atom. The third-order valence-corrected chi connectivity index (χ3v) is 4.27. The third-order valence-electron chi connectivity index (χ3n) is 4.27. The second-order valence-electron chi connectivity index (χ2n) is 6.20. The molecule has 0 spiro atoms. The molecule has 1 fully saturated rings. The van der Waals surface area contributed by atoms with Crippen LogP contribution in [-0.2, 0) is 18.4 Å². The van der Waals surface area contributed by atoms with Crippen LogP contribution in [-0.4, -0.2) is 36.2 Å². The molecular weight excluding hydrogens is 278 g/mol. The molecule has 2 heterocycles. The van der Waals surface area contributed by atoms with Gasteiger partial charge < -0.3 is 9.47 Å². The Balaban J connectivity index is 1.81. The maximum Gasteiger partial charge on any atom is 0.247 e. The van der Waals surface area contributed by atoms with E-state index in [2.05, 4.69) is 10.1 Å². The van der Waals surface area contributed by atoms with Gasteiger partial charge in [-0.05, 0) is 39.7 Å². The van der Waals surface area contributed by atoms with Crippen LogP contribution in [0.25, 0.3) is 0 Å². The van der Waals surface area contributed by atoms with Crippen LogP contribution >= 0.6 is 0 Å². The summed E-state index contributed by atoms with van der Waals surface area (Å²) < 4.78 is 3.79. The van der Waals surface area contributed by atoms with Crippen molar-refractivity contribution in [3.05, 3.63) is 35.7 Å². The lowest BCUT2D eigenvalue weighted by Crippen LogP contribution is -2.38. The Kier molecular flexibility index (Phi) is 3.76. The number of amides is 1. The van der Waals surface area contributed by atoms with Crippen molar-refractivity contribution in [3.63, 3.8) is 0 Å². The number of carbonyl (C=O) groups excluding carboxylic acids is 1. The van der Waals surface area contributed by atoms with Gasteiger partial charge in [0.25, 0.3) is 0 Å². The normalized spacial score (nSPS) is 15.8. The minimum Gasteiger partial charge on any atom is -0.337 e. The fourth-order valence-electron chi connectivity index (χ4n) is 2.86. The van der Waals surface area contributed by atoms with Crippen LogP contribution in [0.4, 0.5) is 0 Å². The molecule has 3 rings (SSSR count). The molecule has 1 unspecified atom stereocenters. The standard InChI is InChI=1S/C16H23N5O/c1-11-9-12(2)21(18-11)13(3)16(22)20(14-5-6-14)10-15-17-7-8-19(15)4/h7-9,13-14H,5-6,10H2,1-4H3. The van der Waals surface area contributed by atoms with E-state index in [9.17, 15) is 4.79 Å². The molecule has 2 aromatic rings. The van der Waals surface area contributed by atoms with Crippen LogP contribution < -0.4 is 0 Å². The minimum absolute atomic E-state index is 0.122. The quantitative estimate of drug-likeness (QED) is 0.848. The van der Waals surface area contributed by atoms with Crippen LogP contribution in [0.5, 0.6) is 0 Å². The summed E-state index contributed by atoms with van der Waals surface area (Å²) >= 11 is 0. The molecule has 0 radical (unpaired) electrons. The van der Waals surface area contributed by atoms with Crippen molar-refractivity contribution in [3.8, 4) is 0 Å². The predicted molar refractivity (Wildman–Crippen MR) is 83.2 cm³/mol. The van der Waals surface area contributed by atoms with Crippen molar-refractivity contribution in [2.24, 2.45) is 7.05 Å². The van der Waals surface area contributed by atoms with Gasteiger partial charge in [0.2, 0.25) is 5.91 Å². The summed E-state index contributed by atoms with van der Waals surface area (Å²) in [5, 5.41) is 4.46. The van der Waals surface area contributed by atoms with Crippen molar-refractivity contribution >= 4 is 5.91 Å². The summed E-state index contributed by atoms with van der Waals surface area (Å²) in [6.07, 6.45) is 5.85. The van der Waals surface area contributed by atoms with Gasteiger partial charge in [-0.15, -0.1) is 0 Å². The molecule has 22 heavy (non-hydrogen) atoms. The van der Waals surface area contributed by atoms with Crippen molar-refractivity contribution in [2.75, 3.05) is 0 Å². The molecule has 1 atom stereocenters. The van der Waals surface area contributed by atoms with E-state index in [1.165, 1.54) is 0 Å². The fraction of sp³-hybridized carbons (Fsp3) is 0.562. The van der Waals surface area contributed by atoms with E-state index in [0.29, 0.717) is 12.6 Å². The number of aromatic nitrogens is 4. The van der Waals surface area contributed by atoms with Crippen LogP contribution in [0.1, 0.15) is 43.0 Å². The Morgan fingerprint density at radius 2 is 2.18 bits per heavy atom. The molecule has 1 amide bonds. The Labute approximate surface area is 130 Å². The zero-order chi connectivity index (χ0) is 15.9. The van der Waals surface area contributed by atoms with Gasteiger partial charge in [-0.1, -0.05) is 0 Å². The summed E-state index contributed by atoms with van der Waals surface area (Å²) in [5.74, 6) is 1.04. The summed E-state index contributed by atoms with van der Waals surface area (Å²) in [6.45, 7) is 6.43. The summed E-state index contributed by atoms with van der Waals surface area (Å²) in [4.78, 5) is 19.3. The van der Waals surface area contributed by atoms with Gasteiger partial charge in [-0.2, -0.15) is 5.10 Å². The summed E-state index contributed by atoms with van der Waals surface area (Å²) in [6, 6.07) is 2.07. The van der Waals surface area contributed by atoms with Gasteiger partial charge in [0.15, 0.2) is 0 Å². The van der Waals surface area contributed by atoms with Gasteiger partial charge >= 0.3 is 0 Å². The topological polar surface area (TPSA) is 56.0 Å². The molecular formula is C16H23N5O. The van der Waals surface area contributed by atoms with Crippen LogP contribution in [0.3, 0.4) is 0 Å². The lowest BCUT2D eigenvalue weighted by molar-refractivity contribution is -0.136. The lowest BCUT2D eigenvalue weighted by atomic mass is 10.2. The maximum absolute atomic E-state index is 13.0. The molecule has 2 aromatic heterocycles. The number of nitrogens with zero attached hydrogens (tertiary/aromatic N) is 5. The number of rotatable bonds is 5. The first-order chi connectivity index (χ1) is 10.5. The van der Waals surface area contributed by atoms with Crippen LogP contribution in [0.2, 0.25) is 0 Å². The van der Waals surface area contributed by atoms with Gasteiger partial charge in [0.05, 0.1) is 12.2 Å². The van der Waals surface area contributed by atoms with Crippen molar-refractivity contribution in [1.29, 1.82) is 0 Å². The highest BCUT2D eigenvalue weighted by Gasteiger charge is 2.36. The zero-order valence-corrected chi connectivity index (χ0v) is 13.7. The first-order valence-corrected chi connectivity index (χ1v) is 7.77. The van der Waals surface area contributed by atoms with Gasteiger partial charge in [-0.25, -0.2) is 4.98 Å². The number of hydrogen-bond acceptors (Lipinski definition) is 3. The first kappa shape index (κ1) is 14.8. The Hall–Kier alpha value is -2.11. The van der Waals surface area contributed by atoms with Crippen molar-refractivity contribution in [2.45, 2.75) is 52.2 Å². The molecule has 118 valence electrons. The van der Waals surface area contributed by atoms with E-state index in [1.807, 2.05) is 54.2 Å². The fourth-order valence-corrected chi connectivity index (χ4v) is 2.86. The van der Waals surface area contributed by atoms with E-state index in [-0.39, 0.29) is 11.9 Å². The van der Waals surface area contributed by atoms with E-state index in [0.717, 1.165) is 30.1 Å². The molecule has 0 saturated heterocycles. The Morgan fingerprint density at radius 1 is 1.45 bits per heavy atom. The van der Waals surface area contributed by atoms with E-state index >= 15 is 0 Å². The summed E-state index contributed by atoms with van der Waals surface area (Å²) in [5.41, 5.74) is 1.96. The highest BCUT2D eigenvalue weighted by atomic mass is 16.2. The van der Waals surface area contributed by atoms with Crippen LogP contribution in [0.15, 0.2) is 18.5 Å². The van der Waals surface area contributed by atoms with Gasteiger partial charge in [0, 0.05) is 31.2 Å². The maximum atomic E-state index is 13.0. The van der Waals surface area contributed by atoms with Gasteiger partial charge in [0.1, 0.15) is 11.9 Å². The molecule has 0 aliphatic heterocycles. The van der Waals surface area contributed by atoms with E-state index in [1.54, 1.807) is 6.20 Å². The molecule has 0 bridgehead atoms. The van der Waals surface area contributed by atoms with Crippen LogP contribution in [0, 0.1) is 13.8 Å². The van der Waals surface area contributed by atoms with Crippen molar-refractivity contribution in [1.82, 2.24) is 24.2 Å². The second-order valence-corrected chi connectivity index (χ2v) is 6.20. The lowest BCUT2D eigenvalue weighted by Gasteiger charge is -2.26. The average molecular weight is 301 g/mol. The zero-order valence-electron chi connectivity index (χ0n) is 13.7. The monoisotopic (exact) mass is 301 g/mol. The smallest absolute Gasteiger partial charge is 0.247 e. The number of imidazole rings is 1. The molecule has 6 nitrogen and oxygen atoms in total. The SMILES string of the molecule is Cc1cc(C)n(C(C)C(=O)N(Cc2nccn2C)C2CC2)n1. The first-order valence-electron chi connectivity index (χ1n) is 7.77. The van der Waals surface area contributed by atoms with Crippen molar-refractivity contribution < 1.29 is 4.79 Å². The van der Waals surface area contributed by atoms with E-state index < -0.39 is 0 Å². The highest BCUT2D eigenvalue weighted by molar-refractivity contribution is 5.80. The molecule has 1 saturated carbocycles. The molecule has 0 N–H and O–H groups in total. The predicted octanol–water partition coefficient (Wildman–Crippen LogP) is 1.99.